The van der Waals surface area contributed by atoms with Crippen molar-refractivity contribution >= 4 is 31.6 Å². The zero-order chi connectivity index (χ0) is 29.9. The van der Waals surface area contributed by atoms with E-state index in [0.717, 1.165) is 51.6 Å². The van der Waals surface area contributed by atoms with Gasteiger partial charge in [0.15, 0.2) is 9.84 Å². The monoisotopic (exact) mass is 640 g/mol. The van der Waals surface area contributed by atoms with Crippen molar-refractivity contribution in [2.45, 2.75) is 64.1 Å². The normalized spacial score (nSPS) is 12.2. The molecule has 0 radical (unpaired) electrons. The van der Waals surface area contributed by atoms with Crippen molar-refractivity contribution in [2.24, 2.45) is 5.92 Å². The fraction of sp³-hybridized carbons (Fsp3) is 0.379. The molecule has 0 saturated carbocycles. The minimum absolute atomic E-state index is 0.327. The number of hydrogen-bond donors (Lipinski definition) is 1. The van der Waals surface area contributed by atoms with Crippen LogP contribution in [0.3, 0.4) is 0 Å². The Hall–Kier alpha value is -2.92. The number of nitrogens with zero attached hydrogens (tertiary/aromatic N) is 3. The van der Waals surface area contributed by atoms with Crippen molar-refractivity contribution in [3.05, 3.63) is 94.5 Å². The molecule has 11 heteroatoms. The first-order valence-electron chi connectivity index (χ1n) is 12.9. The van der Waals surface area contributed by atoms with Crippen LogP contribution < -0.4 is 5.32 Å². The number of rotatable bonds is 11. The van der Waals surface area contributed by atoms with E-state index in [9.17, 15) is 21.6 Å². The quantitative estimate of drug-likeness (QED) is 0.216. The average molecular weight is 642 g/mol. The molecule has 0 aliphatic carbocycles. The summed E-state index contributed by atoms with van der Waals surface area (Å²) >= 11 is 3.55. The topological polar surface area (TPSA) is 76.9 Å². The third-order valence-electron chi connectivity index (χ3n) is 6.08. The zero-order valence-corrected chi connectivity index (χ0v) is 25.6. The van der Waals surface area contributed by atoms with Gasteiger partial charge < -0.3 is 5.32 Å². The van der Waals surface area contributed by atoms with Crippen molar-refractivity contribution < 1.29 is 21.6 Å². The summed E-state index contributed by atoms with van der Waals surface area (Å²) in [5.74, 6) is 1.46. The molecule has 3 rings (SSSR count). The van der Waals surface area contributed by atoms with E-state index in [1.54, 1.807) is 6.20 Å². The number of sulfone groups is 1. The Kier molecular flexibility index (Phi) is 12.6. The number of pyridine rings is 1. The molecule has 0 atom stereocenters. The summed E-state index contributed by atoms with van der Waals surface area (Å²) in [5.41, 5.74) is 2.39. The number of hydrogen-bond acceptors (Lipinski definition) is 5. The molecule has 0 fully saturated rings. The molecule has 0 saturated heterocycles. The van der Waals surface area contributed by atoms with Crippen LogP contribution in [-0.4, -0.2) is 29.4 Å². The van der Waals surface area contributed by atoms with Gasteiger partial charge in [-0.3, -0.25) is 4.98 Å². The molecule has 6 nitrogen and oxygen atoms in total. The summed E-state index contributed by atoms with van der Waals surface area (Å²) < 4.78 is 61.3. The highest BCUT2D eigenvalue weighted by atomic mass is 79.9. The van der Waals surface area contributed by atoms with Gasteiger partial charge >= 0.3 is 6.18 Å². The smallest absolute Gasteiger partial charge is 0.366 e. The molecule has 40 heavy (non-hydrogen) atoms. The van der Waals surface area contributed by atoms with Gasteiger partial charge in [0, 0.05) is 25.2 Å². The molecule has 1 aromatic carbocycles. The molecule has 0 bridgehead atoms. The summed E-state index contributed by atoms with van der Waals surface area (Å²) in [7, 11) is -3.59. The van der Waals surface area contributed by atoms with E-state index in [1.165, 1.54) is 25.7 Å². The van der Waals surface area contributed by atoms with Crippen molar-refractivity contribution in [1.29, 1.82) is 0 Å². The Bertz CT molecular complexity index is 1380. The van der Waals surface area contributed by atoms with Crippen LogP contribution in [0.1, 0.15) is 56.4 Å². The first kappa shape index (κ1) is 33.3. The second-order valence-electron chi connectivity index (χ2n) is 9.38. The second kappa shape index (κ2) is 15.2. The van der Waals surface area contributed by atoms with Crippen LogP contribution in [0.4, 0.5) is 13.2 Å². The molecular weight excluding hydrogens is 605 g/mol. The number of aromatic nitrogens is 3. The fourth-order valence-electron chi connectivity index (χ4n) is 3.92. The van der Waals surface area contributed by atoms with E-state index in [1.807, 2.05) is 23.1 Å². The standard InChI is InChI=1S/C21H29BrN4.C8H7F3O2S/c1-5-8-19(9-6-2)16(3)12-21(26-17(4)20(22)15-25-26)24-14-18-10-7-11-23-13-18;1-14(12,13)7-4-2-3-6(5-7)8(9,10)11/h7,10-13,15,19,24H,3,5-6,8-9,14H2,1-2,4H3;2-5H,1H3/b21-12-;. The summed E-state index contributed by atoms with van der Waals surface area (Å²) in [5, 5.41) is 8.03. The van der Waals surface area contributed by atoms with Crippen LogP contribution >= 0.6 is 15.9 Å². The lowest BCUT2D eigenvalue weighted by Crippen LogP contribution is -2.19. The Morgan fingerprint density at radius 3 is 2.33 bits per heavy atom. The fourth-order valence-corrected chi connectivity index (χ4v) is 4.85. The van der Waals surface area contributed by atoms with Gasteiger partial charge in [0.05, 0.1) is 26.8 Å². The second-order valence-corrected chi connectivity index (χ2v) is 12.3. The van der Waals surface area contributed by atoms with Gasteiger partial charge in [0.25, 0.3) is 0 Å². The van der Waals surface area contributed by atoms with Gasteiger partial charge in [0.1, 0.15) is 5.82 Å². The third kappa shape index (κ3) is 10.2. The van der Waals surface area contributed by atoms with Gasteiger partial charge in [-0.05, 0) is 83.1 Å². The van der Waals surface area contributed by atoms with Gasteiger partial charge in [-0.2, -0.15) is 18.3 Å². The Labute approximate surface area is 243 Å². The summed E-state index contributed by atoms with van der Waals surface area (Å²) in [6.45, 7) is 11.6. The summed E-state index contributed by atoms with van der Waals surface area (Å²) in [6, 6.07) is 7.66. The highest BCUT2D eigenvalue weighted by Crippen LogP contribution is 2.30. The van der Waals surface area contributed by atoms with Crippen LogP contribution in [0, 0.1) is 12.8 Å². The minimum Gasteiger partial charge on any atom is -0.366 e. The number of benzene rings is 1. The maximum atomic E-state index is 12.2. The third-order valence-corrected chi connectivity index (χ3v) is 7.97. The van der Waals surface area contributed by atoms with E-state index in [-0.39, 0.29) is 4.90 Å². The number of halogens is 4. The lowest BCUT2D eigenvalue weighted by Gasteiger charge is -2.19. The molecule has 3 aromatic rings. The molecule has 0 aliphatic heterocycles. The molecular formula is C29H36BrF3N4O2S. The van der Waals surface area contributed by atoms with Crippen LogP contribution in [-0.2, 0) is 22.6 Å². The van der Waals surface area contributed by atoms with Crippen molar-refractivity contribution in [3.8, 4) is 0 Å². The van der Waals surface area contributed by atoms with E-state index in [4.69, 9.17) is 0 Å². The molecule has 218 valence electrons. The number of allylic oxidation sites excluding steroid dienone is 2. The van der Waals surface area contributed by atoms with Crippen LogP contribution in [0.2, 0.25) is 0 Å². The molecule has 0 spiro atoms. The molecule has 0 aliphatic rings. The van der Waals surface area contributed by atoms with Crippen LogP contribution in [0.15, 0.2) is 82.6 Å². The lowest BCUT2D eigenvalue weighted by molar-refractivity contribution is -0.137. The molecule has 0 unspecified atom stereocenters. The summed E-state index contributed by atoms with van der Waals surface area (Å²) in [6.07, 6.45) is 8.67. The molecule has 0 amide bonds. The highest BCUT2D eigenvalue weighted by molar-refractivity contribution is 9.10. The van der Waals surface area contributed by atoms with Crippen molar-refractivity contribution in [1.82, 2.24) is 20.1 Å². The maximum absolute atomic E-state index is 12.2. The van der Waals surface area contributed by atoms with Gasteiger partial charge in [-0.25, -0.2) is 13.1 Å². The van der Waals surface area contributed by atoms with Gasteiger partial charge in [0.2, 0.25) is 0 Å². The van der Waals surface area contributed by atoms with E-state index >= 15 is 0 Å². The van der Waals surface area contributed by atoms with Crippen molar-refractivity contribution in [3.63, 3.8) is 0 Å². The largest absolute Gasteiger partial charge is 0.416 e. The first-order valence-corrected chi connectivity index (χ1v) is 15.6. The highest BCUT2D eigenvalue weighted by Gasteiger charge is 2.31. The molecule has 1 N–H and O–H groups in total. The minimum atomic E-state index is -4.51. The zero-order valence-electron chi connectivity index (χ0n) is 23.2. The lowest BCUT2D eigenvalue weighted by atomic mass is 9.91. The van der Waals surface area contributed by atoms with Crippen LogP contribution in [0.25, 0.3) is 5.82 Å². The predicted octanol–water partition coefficient (Wildman–Crippen LogP) is 7.82. The van der Waals surface area contributed by atoms with Gasteiger partial charge in [-0.1, -0.05) is 45.4 Å². The predicted molar refractivity (Wildman–Crippen MR) is 157 cm³/mol. The van der Waals surface area contributed by atoms with Crippen LogP contribution in [0.5, 0.6) is 0 Å². The van der Waals surface area contributed by atoms with E-state index in [0.29, 0.717) is 18.5 Å². The van der Waals surface area contributed by atoms with Crippen molar-refractivity contribution in [2.75, 3.05) is 6.26 Å². The summed E-state index contributed by atoms with van der Waals surface area (Å²) in [4.78, 5) is 3.86. The molecule has 2 aromatic heterocycles. The number of nitrogens with one attached hydrogen (secondary N) is 1. The maximum Gasteiger partial charge on any atom is 0.416 e. The van der Waals surface area contributed by atoms with Gasteiger partial charge in [-0.15, -0.1) is 0 Å². The van der Waals surface area contributed by atoms with E-state index in [2.05, 4.69) is 70.8 Å². The van der Waals surface area contributed by atoms with E-state index < -0.39 is 21.6 Å². The number of alkyl halides is 3. The average Bonchev–Trinajstić information content (AvgIpc) is 3.24. The molecule has 2 heterocycles. The Morgan fingerprint density at radius 1 is 1.15 bits per heavy atom. The Morgan fingerprint density at radius 2 is 1.82 bits per heavy atom. The Balaban J connectivity index is 0.000000337. The SMILES string of the molecule is C=C(/C=C(/NCc1cccnc1)n1ncc(Br)c1C)C(CCC)CCC.CS(=O)(=O)c1cccc(C(F)(F)F)c1. The first-order chi connectivity index (χ1) is 18.8.